The molecule has 158 valence electrons. The molecule has 1 aromatic carbocycles. The minimum absolute atomic E-state index is 0.0101. The fourth-order valence-corrected chi connectivity index (χ4v) is 4.18. The highest BCUT2D eigenvalue weighted by Gasteiger charge is 2.31. The zero-order valence-electron chi connectivity index (χ0n) is 16.7. The molecule has 2 aromatic heterocycles. The molecule has 3 heterocycles. The second-order valence-corrected chi connectivity index (χ2v) is 7.64. The van der Waals surface area contributed by atoms with E-state index >= 15 is 0 Å². The topological polar surface area (TPSA) is 108 Å². The highest BCUT2D eigenvalue weighted by atomic mass is 35.5. The van der Waals surface area contributed by atoms with Gasteiger partial charge in [0, 0.05) is 31.0 Å². The number of amides is 1. The minimum Gasteiger partial charge on any atom is -0.493 e. The number of carbonyl (C=O) groups is 1. The molecule has 0 bridgehead atoms. The van der Waals surface area contributed by atoms with E-state index in [1.165, 1.54) is 6.33 Å². The van der Waals surface area contributed by atoms with Crippen LogP contribution in [0.25, 0.3) is 11.0 Å². The Morgan fingerprint density at radius 1 is 1.43 bits per heavy atom. The van der Waals surface area contributed by atoms with Gasteiger partial charge in [-0.3, -0.25) is 4.79 Å². The van der Waals surface area contributed by atoms with Gasteiger partial charge >= 0.3 is 0 Å². The van der Waals surface area contributed by atoms with Crippen molar-refractivity contribution in [2.24, 2.45) is 0 Å². The first-order chi connectivity index (χ1) is 14.4. The van der Waals surface area contributed by atoms with E-state index in [2.05, 4.69) is 20.4 Å². The second-order valence-electron chi connectivity index (χ2n) is 7.23. The first-order valence-corrected chi connectivity index (χ1v) is 10.1. The number of fused-ring (bicyclic) bond motifs is 1. The fraction of sp³-hybridized carbons (Fsp3) is 0.400. The number of aryl methyl sites for hydroxylation is 3. The monoisotopic (exact) mass is 432 g/mol. The molecule has 0 radical (unpaired) electrons. The minimum atomic E-state index is -0.536. The van der Waals surface area contributed by atoms with Crippen LogP contribution in [0.1, 0.15) is 36.1 Å². The van der Waals surface area contributed by atoms with Crippen LogP contribution in [0, 0.1) is 12.7 Å². The molecule has 1 saturated heterocycles. The summed E-state index contributed by atoms with van der Waals surface area (Å²) in [4.78, 5) is 20.0. The number of rotatable bonds is 6. The number of halogens is 2. The van der Waals surface area contributed by atoms with Gasteiger partial charge in [-0.25, -0.2) is 19.0 Å². The molecule has 8 nitrogen and oxygen atoms in total. The summed E-state index contributed by atoms with van der Waals surface area (Å²) in [5.74, 6) is -0.144. The van der Waals surface area contributed by atoms with Crippen molar-refractivity contribution in [3.05, 3.63) is 40.1 Å². The second kappa shape index (κ2) is 8.06. The maximum absolute atomic E-state index is 15.0. The Balaban J connectivity index is 1.72. The van der Waals surface area contributed by atoms with Crippen molar-refractivity contribution in [1.82, 2.24) is 25.1 Å². The van der Waals surface area contributed by atoms with Gasteiger partial charge < -0.3 is 15.8 Å². The van der Waals surface area contributed by atoms with E-state index in [1.54, 1.807) is 10.7 Å². The van der Waals surface area contributed by atoms with Gasteiger partial charge in [0.2, 0.25) is 5.91 Å². The van der Waals surface area contributed by atoms with Gasteiger partial charge in [-0.15, -0.1) is 0 Å². The number of hydrogen-bond acceptors (Lipinski definition) is 6. The molecule has 4 rings (SSSR count). The first-order valence-electron chi connectivity index (χ1n) is 9.74. The summed E-state index contributed by atoms with van der Waals surface area (Å²) in [6, 6.07) is 1.58. The molecule has 1 atom stereocenters. The van der Waals surface area contributed by atoms with Gasteiger partial charge in [0.05, 0.1) is 22.7 Å². The van der Waals surface area contributed by atoms with Crippen molar-refractivity contribution in [3.63, 3.8) is 0 Å². The standard InChI is InChI=1S/C20H22ClFN6O2/c1-3-30-18-11(6-13(21)17(22)16(18)12-7-14(29)24-8-12)4-5-28-20-15(10(2)27-28)19(23)25-9-26-20/h6,9,12H,3-5,7-8H2,1-2H3,(H,24,29)(H2,23,25,26)/t12-/m0/s1. The Labute approximate surface area is 177 Å². The Morgan fingerprint density at radius 3 is 2.93 bits per heavy atom. The maximum atomic E-state index is 15.0. The molecule has 0 saturated carbocycles. The van der Waals surface area contributed by atoms with E-state index in [9.17, 15) is 9.18 Å². The third-order valence-corrected chi connectivity index (χ3v) is 5.56. The van der Waals surface area contributed by atoms with Gasteiger partial charge in [0.15, 0.2) is 5.65 Å². The van der Waals surface area contributed by atoms with Crippen LogP contribution in [0.3, 0.4) is 0 Å². The maximum Gasteiger partial charge on any atom is 0.220 e. The highest BCUT2D eigenvalue weighted by molar-refractivity contribution is 6.31. The van der Waals surface area contributed by atoms with Crippen LogP contribution in [0.5, 0.6) is 5.75 Å². The van der Waals surface area contributed by atoms with Crippen molar-refractivity contribution in [3.8, 4) is 5.75 Å². The predicted octanol–water partition coefficient (Wildman–Crippen LogP) is 2.75. The normalized spacial score (nSPS) is 16.3. The van der Waals surface area contributed by atoms with Crippen molar-refractivity contribution < 1.29 is 13.9 Å². The van der Waals surface area contributed by atoms with E-state index in [4.69, 9.17) is 22.1 Å². The van der Waals surface area contributed by atoms with Gasteiger partial charge in [-0.2, -0.15) is 5.10 Å². The van der Waals surface area contributed by atoms with E-state index in [0.29, 0.717) is 48.9 Å². The van der Waals surface area contributed by atoms with Crippen molar-refractivity contribution in [2.45, 2.75) is 39.2 Å². The van der Waals surface area contributed by atoms with Crippen LogP contribution in [-0.2, 0) is 17.8 Å². The number of benzene rings is 1. The van der Waals surface area contributed by atoms with Crippen LogP contribution in [0.15, 0.2) is 12.4 Å². The Bertz CT molecular complexity index is 1130. The summed E-state index contributed by atoms with van der Waals surface area (Å²) in [5, 5.41) is 8.00. The van der Waals surface area contributed by atoms with E-state index in [0.717, 1.165) is 16.6 Å². The zero-order valence-corrected chi connectivity index (χ0v) is 17.5. The SMILES string of the molecule is CCOc1c(CCn2nc(C)c3c(N)ncnc32)cc(Cl)c(F)c1[C@@H]1CNC(=O)C1. The molecule has 1 aliphatic heterocycles. The third kappa shape index (κ3) is 3.54. The molecule has 0 unspecified atom stereocenters. The predicted molar refractivity (Wildman–Crippen MR) is 111 cm³/mol. The number of carbonyl (C=O) groups excluding carboxylic acids is 1. The Hall–Kier alpha value is -2.94. The molecule has 1 amide bonds. The summed E-state index contributed by atoms with van der Waals surface area (Å²) >= 11 is 6.21. The number of hydrogen-bond donors (Lipinski definition) is 2. The summed E-state index contributed by atoms with van der Waals surface area (Å²) in [7, 11) is 0. The Morgan fingerprint density at radius 2 is 2.23 bits per heavy atom. The molecule has 10 heteroatoms. The molecule has 3 N–H and O–H groups in total. The smallest absolute Gasteiger partial charge is 0.220 e. The van der Waals surface area contributed by atoms with Gasteiger partial charge in [-0.1, -0.05) is 11.6 Å². The van der Waals surface area contributed by atoms with Crippen molar-refractivity contribution in [1.29, 1.82) is 0 Å². The number of anilines is 1. The quantitative estimate of drug-likeness (QED) is 0.620. The van der Waals surface area contributed by atoms with Gasteiger partial charge in [0.25, 0.3) is 0 Å². The van der Waals surface area contributed by atoms with Crippen LogP contribution < -0.4 is 15.8 Å². The molecule has 1 fully saturated rings. The molecule has 1 aliphatic rings. The number of nitrogen functional groups attached to an aromatic ring is 1. The third-order valence-electron chi connectivity index (χ3n) is 5.28. The van der Waals surface area contributed by atoms with E-state index < -0.39 is 5.82 Å². The van der Waals surface area contributed by atoms with Crippen LogP contribution in [0.4, 0.5) is 10.2 Å². The summed E-state index contributed by atoms with van der Waals surface area (Å²) in [6.07, 6.45) is 2.09. The lowest BCUT2D eigenvalue weighted by molar-refractivity contribution is -0.119. The number of aromatic nitrogens is 4. The fourth-order valence-electron chi connectivity index (χ4n) is 3.95. The molecule has 0 aliphatic carbocycles. The number of ether oxygens (including phenoxy) is 1. The largest absolute Gasteiger partial charge is 0.493 e. The zero-order chi connectivity index (χ0) is 21.4. The summed E-state index contributed by atoms with van der Waals surface area (Å²) < 4.78 is 22.5. The van der Waals surface area contributed by atoms with Crippen LogP contribution in [0.2, 0.25) is 5.02 Å². The average Bonchev–Trinajstić information content (AvgIpc) is 3.28. The lowest BCUT2D eigenvalue weighted by Gasteiger charge is -2.20. The van der Waals surface area contributed by atoms with E-state index in [-0.39, 0.29) is 23.3 Å². The van der Waals surface area contributed by atoms with Crippen molar-refractivity contribution >= 4 is 34.4 Å². The van der Waals surface area contributed by atoms with Crippen LogP contribution in [-0.4, -0.2) is 38.8 Å². The van der Waals surface area contributed by atoms with Crippen LogP contribution >= 0.6 is 11.6 Å². The molecule has 30 heavy (non-hydrogen) atoms. The Kier molecular flexibility index (Phi) is 5.46. The summed E-state index contributed by atoms with van der Waals surface area (Å²) in [6.45, 7) is 4.87. The highest BCUT2D eigenvalue weighted by Crippen LogP contribution is 2.40. The molecule has 0 spiro atoms. The van der Waals surface area contributed by atoms with Gasteiger partial charge in [-0.05, 0) is 31.9 Å². The number of nitrogens with two attached hydrogens (primary N) is 1. The molecular formula is C20H22ClFN6O2. The first kappa shape index (κ1) is 20.3. The lowest BCUT2D eigenvalue weighted by Crippen LogP contribution is -2.15. The van der Waals surface area contributed by atoms with Gasteiger partial charge in [0.1, 0.15) is 23.7 Å². The summed E-state index contributed by atoms with van der Waals surface area (Å²) in [5.41, 5.74) is 8.44. The number of nitrogens with one attached hydrogen (secondary N) is 1. The lowest BCUT2D eigenvalue weighted by atomic mass is 9.93. The number of nitrogens with zero attached hydrogens (tertiary/aromatic N) is 4. The average molecular weight is 433 g/mol. The molecule has 3 aromatic rings. The van der Waals surface area contributed by atoms with E-state index in [1.807, 2.05) is 13.8 Å². The van der Waals surface area contributed by atoms with Crippen molar-refractivity contribution in [2.75, 3.05) is 18.9 Å². The molecular weight excluding hydrogens is 411 g/mol.